The molecule has 0 unspecified atom stereocenters. The first-order chi connectivity index (χ1) is 11.6. The zero-order chi connectivity index (χ0) is 17.1. The molecule has 0 atom stereocenters. The highest BCUT2D eigenvalue weighted by Crippen LogP contribution is 2.36. The average molecular weight is 346 g/mol. The number of amides is 1. The molecule has 1 amide bonds. The van der Waals surface area contributed by atoms with Gasteiger partial charge in [0.25, 0.3) is 0 Å². The topological polar surface area (TPSA) is 71.7 Å². The third kappa shape index (κ3) is 3.31. The lowest BCUT2D eigenvalue weighted by atomic mass is 10.1. The molecule has 1 aliphatic rings. The van der Waals surface area contributed by atoms with Crippen LogP contribution in [0.5, 0.6) is 5.75 Å². The van der Waals surface area contributed by atoms with E-state index in [0.29, 0.717) is 24.8 Å². The van der Waals surface area contributed by atoms with Crippen molar-refractivity contribution in [2.75, 3.05) is 43.4 Å². The molecular weight excluding hydrogens is 324 g/mol. The van der Waals surface area contributed by atoms with Gasteiger partial charge in [-0.25, -0.2) is 4.98 Å². The van der Waals surface area contributed by atoms with E-state index in [1.807, 2.05) is 42.3 Å². The summed E-state index contributed by atoms with van der Waals surface area (Å²) in [6.07, 6.45) is 0. The number of rotatable bonds is 5. The molecule has 0 bridgehead atoms. The second-order valence-corrected chi connectivity index (χ2v) is 6.48. The lowest BCUT2D eigenvalue weighted by molar-refractivity contribution is -0.129. The van der Waals surface area contributed by atoms with Gasteiger partial charge in [0.1, 0.15) is 12.4 Å². The Balaban J connectivity index is 1.87. The molecule has 0 saturated heterocycles. The lowest BCUT2D eigenvalue weighted by Gasteiger charge is -2.32. The van der Waals surface area contributed by atoms with E-state index < -0.39 is 0 Å². The minimum atomic E-state index is 0.135. The number of aromatic nitrogens is 1. The smallest absolute Gasteiger partial charge is 0.242 e. The minimum absolute atomic E-state index is 0.135. The Labute approximate surface area is 145 Å². The Bertz CT molecular complexity index is 727. The van der Waals surface area contributed by atoms with E-state index >= 15 is 0 Å². The molecule has 24 heavy (non-hydrogen) atoms. The van der Waals surface area contributed by atoms with Gasteiger partial charge in [-0.15, -0.1) is 11.3 Å². The predicted molar refractivity (Wildman–Crippen MR) is 97.6 cm³/mol. The lowest BCUT2D eigenvalue weighted by Crippen LogP contribution is -2.43. The first-order valence-corrected chi connectivity index (χ1v) is 9.01. The van der Waals surface area contributed by atoms with Crippen LogP contribution < -0.4 is 15.4 Å². The van der Waals surface area contributed by atoms with E-state index in [1.165, 1.54) is 11.3 Å². The first-order valence-electron chi connectivity index (χ1n) is 8.13. The Morgan fingerprint density at radius 3 is 2.88 bits per heavy atom. The van der Waals surface area contributed by atoms with Gasteiger partial charge in [-0.3, -0.25) is 4.79 Å². The van der Waals surface area contributed by atoms with Crippen LogP contribution >= 0.6 is 11.3 Å². The maximum atomic E-state index is 12.5. The molecule has 7 heteroatoms. The summed E-state index contributed by atoms with van der Waals surface area (Å²) < 4.78 is 5.74. The van der Waals surface area contributed by atoms with Gasteiger partial charge in [0.2, 0.25) is 5.91 Å². The van der Waals surface area contributed by atoms with Gasteiger partial charge in [0.15, 0.2) is 5.13 Å². The summed E-state index contributed by atoms with van der Waals surface area (Å²) in [6.45, 7) is 7.10. The van der Waals surface area contributed by atoms with Gasteiger partial charge in [0.05, 0.1) is 24.5 Å². The number of likely N-dealkylation sites (N-methyl/N-ethyl adjacent to an activating group) is 1. The van der Waals surface area contributed by atoms with Crippen LogP contribution in [0.2, 0.25) is 0 Å². The molecule has 0 aliphatic carbocycles. The van der Waals surface area contributed by atoms with E-state index in [4.69, 9.17) is 10.5 Å². The molecule has 0 saturated carbocycles. The van der Waals surface area contributed by atoms with Gasteiger partial charge in [-0.1, -0.05) is 0 Å². The Morgan fingerprint density at radius 1 is 1.42 bits per heavy atom. The van der Waals surface area contributed by atoms with Crippen molar-refractivity contribution < 1.29 is 9.53 Å². The van der Waals surface area contributed by atoms with Crippen molar-refractivity contribution in [3.63, 3.8) is 0 Å². The molecular formula is C17H22N4O2S. The zero-order valence-electron chi connectivity index (χ0n) is 14.0. The Kier molecular flexibility index (Phi) is 4.89. The maximum absolute atomic E-state index is 12.5. The number of hydrogen-bond donors (Lipinski definition) is 1. The summed E-state index contributed by atoms with van der Waals surface area (Å²) in [5.74, 6) is 0.941. The van der Waals surface area contributed by atoms with E-state index in [0.717, 1.165) is 35.8 Å². The molecule has 1 aliphatic heterocycles. The van der Waals surface area contributed by atoms with Crippen molar-refractivity contribution in [3.05, 3.63) is 23.6 Å². The molecule has 0 fully saturated rings. The van der Waals surface area contributed by atoms with E-state index in [2.05, 4.69) is 9.88 Å². The van der Waals surface area contributed by atoms with Crippen molar-refractivity contribution in [2.24, 2.45) is 0 Å². The third-order valence-corrected chi connectivity index (χ3v) is 4.85. The molecule has 1 aromatic heterocycles. The van der Waals surface area contributed by atoms with Gasteiger partial charge in [-0.2, -0.15) is 0 Å². The van der Waals surface area contributed by atoms with Crippen molar-refractivity contribution in [1.29, 1.82) is 0 Å². The summed E-state index contributed by atoms with van der Waals surface area (Å²) in [5.41, 5.74) is 8.50. The number of nitrogens with two attached hydrogens (primary N) is 1. The highest BCUT2D eigenvalue weighted by molar-refractivity contribution is 7.13. The third-order valence-electron chi connectivity index (χ3n) is 4.18. The van der Waals surface area contributed by atoms with Gasteiger partial charge in [0, 0.05) is 24.0 Å². The molecule has 6 nitrogen and oxygen atoms in total. The number of hydrogen-bond acceptors (Lipinski definition) is 6. The van der Waals surface area contributed by atoms with Crippen LogP contribution in [-0.2, 0) is 4.79 Å². The largest absolute Gasteiger partial charge is 0.490 e. The molecule has 0 spiro atoms. The summed E-state index contributed by atoms with van der Waals surface area (Å²) >= 11 is 1.42. The second-order valence-electron chi connectivity index (χ2n) is 5.59. The van der Waals surface area contributed by atoms with Crippen LogP contribution in [0.4, 0.5) is 10.8 Å². The fraction of sp³-hybridized carbons (Fsp3) is 0.412. The molecule has 2 heterocycles. The molecule has 128 valence electrons. The number of carbonyl (C=O) groups excluding carboxylic acids is 1. The SMILES string of the molecule is CCN(CC)C(=O)CN1CCOc2ccc(-c3csc(N)n3)cc21. The van der Waals surface area contributed by atoms with Crippen molar-refractivity contribution in [1.82, 2.24) is 9.88 Å². The Hall–Kier alpha value is -2.28. The monoisotopic (exact) mass is 346 g/mol. The zero-order valence-corrected chi connectivity index (χ0v) is 14.8. The first kappa shape index (κ1) is 16.6. The fourth-order valence-electron chi connectivity index (χ4n) is 2.86. The van der Waals surface area contributed by atoms with Crippen molar-refractivity contribution in [2.45, 2.75) is 13.8 Å². The quantitative estimate of drug-likeness (QED) is 0.900. The number of carbonyl (C=O) groups is 1. The van der Waals surface area contributed by atoms with Crippen LogP contribution in [-0.4, -0.2) is 48.6 Å². The molecule has 2 N–H and O–H groups in total. The summed E-state index contributed by atoms with van der Waals surface area (Å²) in [6, 6.07) is 5.94. The number of anilines is 2. The average Bonchev–Trinajstić information content (AvgIpc) is 3.02. The molecule has 0 radical (unpaired) electrons. The number of benzene rings is 1. The maximum Gasteiger partial charge on any atom is 0.242 e. The number of ether oxygens (including phenoxy) is 1. The van der Waals surface area contributed by atoms with Crippen LogP contribution in [0.1, 0.15) is 13.8 Å². The van der Waals surface area contributed by atoms with E-state index in [1.54, 1.807) is 0 Å². The highest BCUT2D eigenvalue weighted by Gasteiger charge is 2.23. The molecule has 1 aromatic carbocycles. The summed E-state index contributed by atoms with van der Waals surface area (Å²) in [5, 5.41) is 2.49. The second kappa shape index (κ2) is 7.09. The van der Waals surface area contributed by atoms with E-state index in [9.17, 15) is 4.79 Å². The van der Waals surface area contributed by atoms with Crippen LogP contribution in [0.25, 0.3) is 11.3 Å². The van der Waals surface area contributed by atoms with E-state index in [-0.39, 0.29) is 5.91 Å². The molecule has 3 rings (SSSR count). The highest BCUT2D eigenvalue weighted by atomic mass is 32.1. The Morgan fingerprint density at radius 2 is 2.21 bits per heavy atom. The number of fused-ring (bicyclic) bond motifs is 1. The standard InChI is InChI=1S/C17H22N4O2S/c1-3-20(4-2)16(22)10-21-7-8-23-15-6-5-12(9-14(15)21)13-11-24-17(18)19-13/h5-6,9,11H,3-4,7-8,10H2,1-2H3,(H2,18,19). The minimum Gasteiger partial charge on any atom is -0.490 e. The number of nitrogens with zero attached hydrogens (tertiary/aromatic N) is 3. The van der Waals surface area contributed by atoms with Crippen LogP contribution in [0.15, 0.2) is 23.6 Å². The number of nitrogen functional groups attached to an aromatic ring is 1. The van der Waals surface area contributed by atoms with Crippen molar-refractivity contribution in [3.8, 4) is 17.0 Å². The predicted octanol–water partition coefficient (Wildman–Crippen LogP) is 2.46. The van der Waals surface area contributed by atoms with Crippen LogP contribution in [0.3, 0.4) is 0 Å². The van der Waals surface area contributed by atoms with Gasteiger partial charge in [-0.05, 0) is 32.0 Å². The summed E-state index contributed by atoms with van der Waals surface area (Å²) in [4.78, 5) is 20.7. The summed E-state index contributed by atoms with van der Waals surface area (Å²) in [7, 11) is 0. The van der Waals surface area contributed by atoms with Crippen molar-refractivity contribution >= 4 is 28.1 Å². The van der Waals surface area contributed by atoms with Crippen LogP contribution in [0, 0.1) is 0 Å². The number of thiazole rings is 1. The normalized spacial score (nSPS) is 13.3. The fourth-order valence-corrected chi connectivity index (χ4v) is 3.43. The van der Waals surface area contributed by atoms with Gasteiger partial charge < -0.3 is 20.3 Å². The molecule has 2 aromatic rings. The van der Waals surface area contributed by atoms with Gasteiger partial charge >= 0.3 is 0 Å².